The number of alkyl carbamates (subject to hydrolysis) is 1. The number of carbonyl (C=O) groups is 1. The molecule has 4 heteroatoms. The third kappa shape index (κ3) is 4.25. The summed E-state index contributed by atoms with van der Waals surface area (Å²) in [6.07, 6.45) is -0.401. The molecule has 15 heavy (non-hydrogen) atoms. The Morgan fingerprint density at radius 2 is 2.07 bits per heavy atom. The highest BCUT2D eigenvalue weighted by atomic mass is 32.2. The first-order valence-electron chi connectivity index (χ1n) is 4.79. The summed E-state index contributed by atoms with van der Waals surface area (Å²) >= 11 is 1.80. The molecule has 0 atom stereocenters. The van der Waals surface area contributed by atoms with Crippen molar-refractivity contribution in [3.63, 3.8) is 0 Å². The van der Waals surface area contributed by atoms with E-state index in [9.17, 15) is 4.79 Å². The molecule has 0 aromatic heterocycles. The number of rotatable bonds is 4. The summed E-state index contributed by atoms with van der Waals surface area (Å²) in [5.41, 5.74) is 1.07. The summed E-state index contributed by atoms with van der Waals surface area (Å²) in [5, 5.41) is 2.63. The van der Waals surface area contributed by atoms with Crippen LogP contribution in [-0.4, -0.2) is 19.0 Å². The number of carbonyl (C=O) groups excluding carboxylic acids is 1. The predicted molar refractivity (Wildman–Crippen MR) is 62.1 cm³/mol. The van der Waals surface area contributed by atoms with Crippen molar-refractivity contribution in [3.05, 3.63) is 29.8 Å². The molecule has 1 N–H and O–H groups in total. The number of amides is 1. The number of nitrogens with one attached hydrogen (secondary N) is 1. The quantitative estimate of drug-likeness (QED) is 0.801. The molecule has 0 unspecified atom stereocenters. The van der Waals surface area contributed by atoms with Crippen LogP contribution < -0.4 is 5.32 Å². The standard InChI is InChI=1S/C11H15NO2S/c1-3-15-10-6-4-9(5-7-10)8-12-11(13)14-2/h4-7H,3,8H2,1-2H3,(H,12,13). The van der Waals surface area contributed by atoms with Crippen molar-refractivity contribution < 1.29 is 9.53 Å². The number of hydrogen-bond acceptors (Lipinski definition) is 3. The maximum atomic E-state index is 10.8. The lowest BCUT2D eigenvalue weighted by atomic mass is 10.2. The average Bonchev–Trinajstić information content (AvgIpc) is 2.28. The number of methoxy groups -OCH3 is 1. The van der Waals surface area contributed by atoms with Gasteiger partial charge in [-0.05, 0) is 23.4 Å². The lowest BCUT2D eigenvalue weighted by Crippen LogP contribution is -2.22. The molecule has 0 saturated heterocycles. The average molecular weight is 225 g/mol. The Labute approximate surface area is 94.2 Å². The van der Waals surface area contributed by atoms with Crippen LogP contribution in [0.5, 0.6) is 0 Å². The molecular weight excluding hydrogens is 210 g/mol. The SMILES string of the molecule is CCSc1ccc(CNC(=O)OC)cc1. The molecule has 0 fully saturated rings. The number of hydrogen-bond donors (Lipinski definition) is 1. The zero-order valence-electron chi connectivity index (χ0n) is 8.95. The second kappa shape index (κ2) is 6.35. The summed E-state index contributed by atoms with van der Waals surface area (Å²) in [7, 11) is 1.36. The molecule has 0 bridgehead atoms. The van der Waals surface area contributed by atoms with E-state index in [4.69, 9.17) is 0 Å². The summed E-state index contributed by atoms with van der Waals surface area (Å²) in [5.74, 6) is 1.07. The zero-order valence-corrected chi connectivity index (χ0v) is 9.76. The Bertz CT molecular complexity index is 311. The van der Waals surface area contributed by atoms with E-state index in [1.807, 2.05) is 12.1 Å². The highest BCUT2D eigenvalue weighted by Gasteiger charge is 1.98. The fourth-order valence-corrected chi connectivity index (χ4v) is 1.78. The van der Waals surface area contributed by atoms with E-state index in [-0.39, 0.29) is 0 Å². The van der Waals surface area contributed by atoms with Crippen molar-refractivity contribution in [2.24, 2.45) is 0 Å². The van der Waals surface area contributed by atoms with Gasteiger partial charge in [-0.1, -0.05) is 19.1 Å². The van der Waals surface area contributed by atoms with Crippen LogP contribution in [0.15, 0.2) is 29.2 Å². The monoisotopic (exact) mass is 225 g/mol. The molecule has 1 rings (SSSR count). The Kier molecular flexibility index (Phi) is 5.04. The molecule has 0 aliphatic rings. The van der Waals surface area contributed by atoms with Crippen molar-refractivity contribution in [2.45, 2.75) is 18.4 Å². The van der Waals surface area contributed by atoms with Crippen LogP contribution >= 0.6 is 11.8 Å². The Hall–Kier alpha value is -1.16. The lowest BCUT2D eigenvalue weighted by Gasteiger charge is -2.04. The smallest absolute Gasteiger partial charge is 0.407 e. The normalized spacial score (nSPS) is 9.73. The summed E-state index contributed by atoms with van der Waals surface area (Å²) in [4.78, 5) is 12.1. The van der Waals surface area contributed by atoms with Crippen molar-refractivity contribution in [1.29, 1.82) is 0 Å². The molecule has 0 aliphatic carbocycles. The van der Waals surface area contributed by atoms with E-state index in [0.717, 1.165) is 11.3 Å². The third-order valence-corrected chi connectivity index (χ3v) is 2.75. The van der Waals surface area contributed by atoms with E-state index in [2.05, 4.69) is 29.1 Å². The molecule has 0 aliphatic heterocycles. The van der Waals surface area contributed by atoms with Crippen LogP contribution in [0.1, 0.15) is 12.5 Å². The van der Waals surface area contributed by atoms with Crippen LogP contribution in [0, 0.1) is 0 Å². The van der Waals surface area contributed by atoms with Crippen LogP contribution in [0.4, 0.5) is 4.79 Å². The van der Waals surface area contributed by atoms with Gasteiger partial charge >= 0.3 is 6.09 Å². The van der Waals surface area contributed by atoms with Crippen LogP contribution in [0.25, 0.3) is 0 Å². The van der Waals surface area contributed by atoms with Crippen molar-refractivity contribution in [3.8, 4) is 0 Å². The van der Waals surface area contributed by atoms with Gasteiger partial charge in [-0.25, -0.2) is 4.79 Å². The Morgan fingerprint density at radius 3 is 2.60 bits per heavy atom. The minimum absolute atomic E-state index is 0.401. The van der Waals surface area contributed by atoms with Gasteiger partial charge in [0.2, 0.25) is 0 Å². The molecule has 3 nitrogen and oxygen atoms in total. The Morgan fingerprint density at radius 1 is 1.40 bits per heavy atom. The third-order valence-electron chi connectivity index (χ3n) is 1.86. The van der Waals surface area contributed by atoms with Gasteiger partial charge in [0.1, 0.15) is 0 Å². The van der Waals surface area contributed by atoms with Crippen LogP contribution in [-0.2, 0) is 11.3 Å². The van der Waals surface area contributed by atoms with E-state index < -0.39 is 6.09 Å². The molecule has 1 aromatic carbocycles. The zero-order chi connectivity index (χ0) is 11.1. The molecular formula is C11H15NO2S. The van der Waals surface area contributed by atoms with Gasteiger partial charge in [0.25, 0.3) is 0 Å². The maximum absolute atomic E-state index is 10.8. The molecule has 0 heterocycles. The molecule has 82 valence electrons. The predicted octanol–water partition coefficient (Wildman–Crippen LogP) is 2.65. The fraction of sp³-hybridized carbons (Fsp3) is 0.364. The van der Waals surface area contributed by atoms with Gasteiger partial charge in [-0.2, -0.15) is 0 Å². The van der Waals surface area contributed by atoms with E-state index in [1.165, 1.54) is 12.0 Å². The van der Waals surface area contributed by atoms with Crippen molar-refractivity contribution in [1.82, 2.24) is 5.32 Å². The number of benzene rings is 1. The van der Waals surface area contributed by atoms with Gasteiger partial charge < -0.3 is 10.1 Å². The largest absolute Gasteiger partial charge is 0.453 e. The van der Waals surface area contributed by atoms with E-state index in [0.29, 0.717) is 6.54 Å². The topological polar surface area (TPSA) is 38.3 Å². The van der Waals surface area contributed by atoms with Crippen LogP contribution in [0.2, 0.25) is 0 Å². The second-order valence-electron chi connectivity index (χ2n) is 2.92. The summed E-state index contributed by atoms with van der Waals surface area (Å²) in [6, 6.07) is 8.13. The Balaban J connectivity index is 2.45. The molecule has 1 amide bonds. The van der Waals surface area contributed by atoms with Crippen molar-refractivity contribution >= 4 is 17.9 Å². The molecule has 0 spiro atoms. The highest BCUT2D eigenvalue weighted by Crippen LogP contribution is 2.17. The van der Waals surface area contributed by atoms with Gasteiger partial charge in [-0.3, -0.25) is 0 Å². The van der Waals surface area contributed by atoms with Gasteiger partial charge in [0, 0.05) is 11.4 Å². The second-order valence-corrected chi connectivity index (χ2v) is 4.26. The summed E-state index contributed by atoms with van der Waals surface area (Å²) in [6.45, 7) is 2.63. The molecule has 1 aromatic rings. The van der Waals surface area contributed by atoms with E-state index >= 15 is 0 Å². The first-order valence-corrected chi connectivity index (χ1v) is 5.78. The minimum atomic E-state index is -0.401. The van der Waals surface area contributed by atoms with Crippen LogP contribution in [0.3, 0.4) is 0 Å². The first kappa shape index (κ1) is 11.9. The highest BCUT2D eigenvalue weighted by molar-refractivity contribution is 7.99. The minimum Gasteiger partial charge on any atom is -0.453 e. The van der Waals surface area contributed by atoms with Gasteiger partial charge in [-0.15, -0.1) is 11.8 Å². The maximum Gasteiger partial charge on any atom is 0.407 e. The molecule has 0 saturated carbocycles. The van der Waals surface area contributed by atoms with Crippen molar-refractivity contribution in [2.75, 3.05) is 12.9 Å². The van der Waals surface area contributed by atoms with Gasteiger partial charge in [0.15, 0.2) is 0 Å². The summed E-state index contributed by atoms with van der Waals surface area (Å²) < 4.78 is 4.48. The van der Waals surface area contributed by atoms with E-state index in [1.54, 1.807) is 11.8 Å². The first-order chi connectivity index (χ1) is 7.26. The fourth-order valence-electron chi connectivity index (χ4n) is 1.12. The number of thioether (sulfide) groups is 1. The lowest BCUT2D eigenvalue weighted by molar-refractivity contribution is 0.170. The number of ether oxygens (including phenoxy) is 1. The molecule has 0 radical (unpaired) electrons. The van der Waals surface area contributed by atoms with Gasteiger partial charge in [0.05, 0.1) is 7.11 Å².